The minimum atomic E-state index is -1.32. The fourth-order valence-corrected chi connectivity index (χ4v) is 1.65. The Morgan fingerprint density at radius 3 is 2.41 bits per heavy atom. The maximum absolute atomic E-state index is 11.7. The van der Waals surface area contributed by atoms with Gasteiger partial charge in [-0.25, -0.2) is 14.4 Å². The standard InChI is InChI=1S/C14H19N3O5/c1-14(2,3)22-13(21)17-10(11(18)19)8-5-4-6-9(7-8)16-12(15)20/h4-7,10H,1-3H3,(H,17,21)(H,18,19)(H3,15,16,20). The maximum atomic E-state index is 11.7. The van der Waals surface area contributed by atoms with Gasteiger partial charge in [0, 0.05) is 5.69 Å². The first-order valence-electron chi connectivity index (χ1n) is 6.47. The Kier molecular flexibility index (Phi) is 5.33. The number of nitrogens with one attached hydrogen (secondary N) is 2. The average Bonchev–Trinajstić information content (AvgIpc) is 2.33. The summed E-state index contributed by atoms with van der Waals surface area (Å²) in [6.07, 6.45) is -0.854. The topological polar surface area (TPSA) is 131 Å². The number of benzene rings is 1. The molecule has 1 rings (SSSR count). The van der Waals surface area contributed by atoms with Gasteiger partial charge in [0.05, 0.1) is 0 Å². The van der Waals surface area contributed by atoms with Crippen molar-refractivity contribution in [2.24, 2.45) is 5.73 Å². The predicted octanol–water partition coefficient (Wildman–Crippen LogP) is 1.83. The van der Waals surface area contributed by atoms with E-state index in [4.69, 9.17) is 10.5 Å². The number of carbonyl (C=O) groups is 3. The molecule has 22 heavy (non-hydrogen) atoms. The molecule has 0 aliphatic carbocycles. The second-order valence-electron chi connectivity index (χ2n) is 5.53. The van der Waals surface area contributed by atoms with Gasteiger partial charge in [0.25, 0.3) is 0 Å². The van der Waals surface area contributed by atoms with Crippen LogP contribution in [0.2, 0.25) is 0 Å². The smallest absolute Gasteiger partial charge is 0.408 e. The number of carbonyl (C=O) groups excluding carboxylic acids is 2. The zero-order valence-corrected chi connectivity index (χ0v) is 12.5. The van der Waals surface area contributed by atoms with Gasteiger partial charge in [-0.3, -0.25) is 0 Å². The van der Waals surface area contributed by atoms with Crippen LogP contribution in [0.4, 0.5) is 15.3 Å². The molecule has 0 aromatic heterocycles. The molecule has 0 spiro atoms. The minimum absolute atomic E-state index is 0.268. The molecule has 1 atom stereocenters. The van der Waals surface area contributed by atoms with Crippen LogP contribution in [0.5, 0.6) is 0 Å². The largest absolute Gasteiger partial charge is 0.479 e. The highest BCUT2D eigenvalue weighted by Gasteiger charge is 2.25. The van der Waals surface area contributed by atoms with Crippen LogP contribution in [0.15, 0.2) is 24.3 Å². The van der Waals surface area contributed by atoms with Crippen molar-refractivity contribution < 1.29 is 24.2 Å². The van der Waals surface area contributed by atoms with Gasteiger partial charge < -0.3 is 26.2 Å². The number of carboxylic acids is 1. The number of urea groups is 1. The van der Waals surface area contributed by atoms with Crippen LogP contribution in [-0.4, -0.2) is 28.8 Å². The monoisotopic (exact) mass is 309 g/mol. The summed E-state index contributed by atoms with van der Waals surface area (Å²) in [6, 6.07) is 3.89. The predicted molar refractivity (Wildman–Crippen MR) is 79.4 cm³/mol. The van der Waals surface area contributed by atoms with E-state index in [0.717, 1.165) is 0 Å². The molecule has 120 valence electrons. The van der Waals surface area contributed by atoms with Crippen LogP contribution >= 0.6 is 0 Å². The molecule has 8 nitrogen and oxygen atoms in total. The van der Waals surface area contributed by atoms with Crippen molar-refractivity contribution in [1.29, 1.82) is 0 Å². The number of alkyl carbamates (subject to hydrolysis) is 1. The molecule has 0 heterocycles. The fraction of sp³-hybridized carbons (Fsp3) is 0.357. The fourth-order valence-electron chi connectivity index (χ4n) is 1.65. The van der Waals surface area contributed by atoms with E-state index in [-0.39, 0.29) is 5.56 Å². The quantitative estimate of drug-likeness (QED) is 0.674. The Morgan fingerprint density at radius 2 is 1.91 bits per heavy atom. The summed E-state index contributed by atoms with van der Waals surface area (Å²) in [5.74, 6) is -1.26. The summed E-state index contributed by atoms with van der Waals surface area (Å²) < 4.78 is 5.03. The number of anilines is 1. The second kappa shape index (κ2) is 6.79. The molecular weight excluding hydrogens is 290 g/mol. The Morgan fingerprint density at radius 1 is 1.27 bits per heavy atom. The number of carboxylic acid groups (broad SMARTS) is 1. The highest BCUT2D eigenvalue weighted by atomic mass is 16.6. The van der Waals surface area contributed by atoms with Crippen molar-refractivity contribution in [1.82, 2.24) is 5.32 Å². The van der Waals surface area contributed by atoms with Crippen molar-refractivity contribution in [2.45, 2.75) is 32.4 Å². The van der Waals surface area contributed by atoms with E-state index >= 15 is 0 Å². The molecule has 1 aromatic rings. The lowest BCUT2D eigenvalue weighted by Gasteiger charge is -2.22. The maximum Gasteiger partial charge on any atom is 0.408 e. The molecule has 1 aromatic carbocycles. The van der Waals surface area contributed by atoms with Gasteiger partial charge in [0.1, 0.15) is 5.60 Å². The van der Waals surface area contributed by atoms with Crippen LogP contribution < -0.4 is 16.4 Å². The first-order chi connectivity index (χ1) is 10.1. The van der Waals surface area contributed by atoms with E-state index in [1.807, 2.05) is 0 Å². The summed E-state index contributed by atoms with van der Waals surface area (Å²) >= 11 is 0. The molecule has 1 unspecified atom stereocenters. The number of rotatable bonds is 4. The second-order valence-corrected chi connectivity index (χ2v) is 5.53. The Bertz CT molecular complexity index is 580. The summed E-state index contributed by atoms with van der Waals surface area (Å²) in [7, 11) is 0. The summed E-state index contributed by atoms with van der Waals surface area (Å²) in [5.41, 5.74) is 4.85. The highest BCUT2D eigenvalue weighted by molar-refractivity contribution is 5.88. The van der Waals surface area contributed by atoms with E-state index in [1.54, 1.807) is 26.8 Å². The Labute approximate surface area is 127 Å². The lowest BCUT2D eigenvalue weighted by atomic mass is 10.1. The van der Waals surface area contributed by atoms with Crippen LogP contribution in [0.3, 0.4) is 0 Å². The van der Waals surface area contributed by atoms with Gasteiger partial charge in [0.15, 0.2) is 6.04 Å². The molecule has 0 radical (unpaired) electrons. The van der Waals surface area contributed by atoms with E-state index in [9.17, 15) is 19.5 Å². The van der Waals surface area contributed by atoms with Crippen LogP contribution in [0, 0.1) is 0 Å². The molecule has 0 aliphatic rings. The van der Waals surface area contributed by atoms with Crippen molar-refractivity contribution in [3.8, 4) is 0 Å². The summed E-state index contributed by atoms with van der Waals surface area (Å²) in [4.78, 5) is 33.9. The zero-order chi connectivity index (χ0) is 16.9. The average molecular weight is 309 g/mol. The normalized spacial score (nSPS) is 12.1. The van der Waals surface area contributed by atoms with Gasteiger partial charge in [-0.05, 0) is 38.5 Å². The van der Waals surface area contributed by atoms with E-state index in [0.29, 0.717) is 5.69 Å². The van der Waals surface area contributed by atoms with E-state index in [1.165, 1.54) is 18.2 Å². The highest BCUT2D eigenvalue weighted by Crippen LogP contribution is 2.19. The molecular formula is C14H19N3O5. The molecule has 0 saturated heterocycles. The number of hydrogen-bond donors (Lipinski definition) is 4. The van der Waals surface area contributed by atoms with E-state index < -0.39 is 29.7 Å². The first kappa shape index (κ1) is 17.3. The van der Waals surface area contributed by atoms with Gasteiger partial charge in [-0.1, -0.05) is 12.1 Å². The van der Waals surface area contributed by atoms with Crippen molar-refractivity contribution in [2.75, 3.05) is 5.32 Å². The van der Waals surface area contributed by atoms with Gasteiger partial charge in [0.2, 0.25) is 0 Å². The number of nitrogens with two attached hydrogens (primary N) is 1. The Hall–Kier alpha value is -2.77. The lowest BCUT2D eigenvalue weighted by molar-refractivity contribution is -0.139. The molecule has 0 fully saturated rings. The molecule has 0 aliphatic heterocycles. The van der Waals surface area contributed by atoms with Crippen LogP contribution in [0.1, 0.15) is 32.4 Å². The summed E-state index contributed by atoms with van der Waals surface area (Å²) in [6.45, 7) is 5.00. The van der Waals surface area contributed by atoms with Crippen molar-refractivity contribution >= 4 is 23.8 Å². The zero-order valence-electron chi connectivity index (χ0n) is 12.5. The van der Waals surface area contributed by atoms with Crippen LogP contribution in [-0.2, 0) is 9.53 Å². The molecule has 0 saturated carbocycles. The van der Waals surface area contributed by atoms with Crippen molar-refractivity contribution in [3.05, 3.63) is 29.8 Å². The van der Waals surface area contributed by atoms with Gasteiger partial charge >= 0.3 is 18.1 Å². The molecule has 0 bridgehead atoms. The molecule has 8 heteroatoms. The number of ether oxygens (including phenoxy) is 1. The van der Waals surface area contributed by atoms with Gasteiger partial charge in [-0.15, -0.1) is 0 Å². The minimum Gasteiger partial charge on any atom is -0.479 e. The molecule has 3 amide bonds. The molecule has 5 N–H and O–H groups in total. The van der Waals surface area contributed by atoms with Crippen molar-refractivity contribution in [3.63, 3.8) is 0 Å². The number of primary amides is 1. The third-order valence-corrected chi connectivity index (χ3v) is 2.40. The first-order valence-corrected chi connectivity index (χ1v) is 6.47. The number of amides is 3. The lowest BCUT2D eigenvalue weighted by Crippen LogP contribution is -2.38. The van der Waals surface area contributed by atoms with Gasteiger partial charge in [-0.2, -0.15) is 0 Å². The third kappa shape index (κ3) is 5.70. The SMILES string of the molecule is CC(C)(C)OC(=O)NC(C(=O)O)c1cccc(NC(N)=O)c1. The number of hydrogen-bond acceptors (Lipinski definition) is 4. The van der Waals surface area contributed by atoms with Crippen LogP contribution in [0.25, 0.3) is 0 Å². The Balaban J connectivity index is 2.94. The van der Waals surface area contributed by atoms with E-state index in [2.05, 4.69) is 10.6 Å². The number of aliphatic carboxylic acids is 1. The third-order valence-electron chi connectivity index (χ3n) is 2.40. The summed E-state index contributed by atoms with van der Waals surface area (Å²) in [5, 5.41) is 13.9.